The molecule has 0 radical (unpaired) electrons. The first-order chi connectivity index (χ1) is 8.18. The zero-order valence-electron chi connectivity index (χ0n) is 11.8. The van der Waals surface area contributed by atoms with Gasteiger partial charge in [0.2, 0.25) is 0 Å². The van der Waals surface area contributed by atoms with Crippen LogP contribution in [0.4, 0.5) is 0 Å². The molecule has 0 spiro atoms. The van der Waals surface area contributed by atoms with E-state index in [4.69, 9.17) is 5.73 Å². The van der Waals surface area contributed by atoms with Crippen LogP contribution in [0.15, 0.2) is 0 Å². The number of hydrogen-bond acceptors (Lipinski definition) is 2. The molecule has 0 aromatic heterocycles. The van der Waals surface area contributed by atoms with Crippen molar-refractivity contribution < 1.29 is 0 Å². The molecule has 0 amide bonds. The Balaban J connectivity index is 2.04. The maximum Gasteiger partial charge on any atom is 0.0334 e. The summed E-state index contributed by atoms with van der Waals surface area (Å²) in [6.07, 6.45) is 12.5. The van der Waals surface area contributed by atoms with Gasteiger partial charge in [-0.05, 0) is 38.6 Å². The topological polar surface area (TPSA) is 29.3 Å². The summed E-state index contributed by atoms with van der Waals surface area (Å²) in [4.78, 5) is 2.68. The second-order valence-corrected chi connectivity index (χ2v) is 6.53. The van der Waals surface area contributed by atoms with Crippen molar-refractivity contribution in [1.29, 1.82) is 0 Å². The highest BCUT2D eigenvalue weighted by molar-refractivity contribution is 4.97. The Morgan fingerprint density at radius 2 is 1.82 bits per heavy atom. The minimum atomic E-state index is 0.319. The summed E-state index contributed by atoms with van der Waals surface area (Å²) < 4.78 is 0. The van der Waals surface area contributed by atoms with Crippen LogP contribution in [-0.4, -0.2) is 30.1 Å². The second kappa shape index (κ2) is 5.71. The minimum absolute atomic E-state index is 0.319. The van der Waals surface area contributed by atoms with Crippen LogP contribution >= 0.6 is 0 Å². The highest BCUT2D eigenvalue weighted by atomic mass is 15.2. The van der Waals surface area contributed by atoms with E-state index in [9.17, 15) is 0 Å². The van der Waals surface area contributed by atoms with E-state index in [0.717, 1.165) is 18.5 Å². The number of nitrogens with two attached hydrogens (primary N) is 1. The van der Waals surface area contributed by atoms with Crippen molar-refractivity contribution in [2.45, 2.75) is 76.3 Å². The molecular weight excluding hydrogens is 208 g/mol. The Morgan fingerprint density at radius 1 is 1.12 bits per heavy atom. The predicted molar refractivity (Wildman–Crippen MR) is 74.1 cm³/mol. The molecule has 0 saturated heterocycles. The molecular formula is C15H30N2. The van der Waals surface area contributed by atoms with Gasteiger partial charge in [-0.1, -0.05) is 39.0 Å². The lowest BCUT2D eigenvalue weighted by atomic mass is 9.74. The fourth-order valence-corrected chi connectivity index (χ4v) is 4.14. The van der Waals surface area contributed by atoms with Crippen LogP contribution in [0.25, 0.3) is 0 Å². The monoisotopic (exact) mass is 238 g/mol. The summed E-state index contributed by atoms with van der Waals surface area (Å²) in [5.41, 5.74) is 6.49. The van der Waals surface area contributed by atoms with Crippen molar-refractivity contribution in [1.82, 2.24) is 4.90 Å². The first-order valence-electron chi connectivity index (χ1n) is 7.61. The van der Waals surface area contributed by atoms with Crippen LogP contribution in [0.3, 0.4) is 0 Å². The molecule has 2 aliphatic rings. The van der Waals surface area contributed by atoms with E-state index in [1.165, 1.54) is 57.8 Å². The van der Waals surface area contributed by atoms with Gasteiger partial charge >= 0.3 is 0 Å². The van der Waals surface area contributed by atoms with E-state index in [1.807, 2.05) is 0 Å². The van der Waals surface area contributed by atoms with Crippen molar-refractivity contribution in [2.75, 3.05) is 13.6 Å². The van der Waals surface area contributed by atoms with Gasteiger partial charge in [0.25, 0.3) is 0 Å². The third kappa shape index (κ3) is 2.85. The van der Waals surface area contributed by atoms with Gasteiger partial charge in [-0.3, -0.25) is 4.90 Å². The third-order valence-corrected chi connectivity index (χ3v) is 5.32. The summed E-state index contributed by atoms with van der Waals surface area (Å²) in [5, 5.41) is 0. The Bertz CT molecular complexity index is 235. The lowest BCUT2D eigenvalue weighted by Crippen LogP contribution is -2.58. The highest BCUT2D eigenvalue weighted by Crippen LogP contribution is 2.38. The molecule has 17 heavy (non-hydrogen) atoms. The summed E-state index contributed by atoms with van der Waals surface area (Å²) in [6, 6.07) is 0.803. The molecule has 2 unspecified atom stereocenters. The largest absolute Gasteiger partial charge is 0.329 e. The Morgan fingerprint density at radius 3 is 2.41 bits per heavy atom. The highest BCUT2D eigenvalue weighted by Gasteiger charge is 2.40. The van der Waals surface area contributed by atoms with E-state index >= 15 is 0 Å². The van der Waals surface area contributed by atoms with Crippen molar-refractivity contribution >= 4 is 0 Å². The van der Waals surface area contributed by atoms with Crippen molar-refractivity contribution in [3.8, 4) is 0 Å². The van der Waals surface area contributed by atoms with Gasteiger partial charge in [-0.25, -0.2) is 0 Å². The van der Waals surface area contributed by atoms with E-state index in [0.29, 0.717) is 5.54 Å². The number of hydrogen-bond donors (Lipinski definition) is 1. The van der Waals surface area contributed by atoms with Gasteiger partial charge in [0.05, 0.1) is 0 Å². The normalized spacial score (nSPS) is 36.4. The lowest BCUT2D eigenvalue weighted by Gasteiger charge is -2.50. The van der Waals surface area contributed by atoms with Gasteiger partial charge in [0.15, 0.2) is 0 Å². The van der Waals surface area contributed by atoms with E-state index in [2.05, 4.69) is 18.9 Å². The van der Waals surface area contributed by atoms with E-state index < -0.39 is 0 Å². The number of nitrogens with zero attached hydrogens (tertiary/aromatic N) is 1. The van der Waals surface area contributed by atoms with Crippen molar-refractivity contribution in [3.63, 3.8) is 0 Å². The van der Waals surface area contributed by atoms with Crippen molar-refractivity contribution in [2.24, 2.45) is 11.7 Å². The average molecular weight is 238 g/mol. The molecule has 2 aliphatic carbocycles. The van der Waals surface area contributed by atoms with Crippen LogP contribution in [-0.2, 0) is 0 Å². The Kier molecular flexibility index (Phi) is 4.48. The SMILES string of the molecule is CC1CCCC(CN)(N(C)C2CCCCC2)C1. The molecule has 2 N–H and O–H groups in total. The van der Waals surface area contributed by atoms with Crippen LogP contribution in [0.1, 0.15) is 64.7 Å². The van der Waals surface area contributed by atoms with Gasteiger partial charge in [-0.15, -0.1) is 0 Å². The molecule has 2 rings (SSSR count). The summed E-state index contributed by atoms with van der Waals surface area (Å²) in [7, 11) is 2.35. The van der Waals surface area contributed by atoms with Gasteiger partial charge < -0.3 is 5.73 Å². The molecule has 100 valence electrons. The van der Waals surface area contributed by atoms with E-state index in [1.54, 1.807) is 0 Å². The Labute approximate surface area is 107 Å². The van der Waals surface area contributed by atoms with Gasteiger partial charge in [0, 0.05) is 18.1 Å². The molecule has 2 heteroatoms. The first-order valence-corrected chi connectivity index (χ1v) is 7.61. The molecule has 0 aromatic carbocycles. The maximum absolute atomic E-state index is 6.17. The van der Waals surface area contributed by atoms with Gasteiger partial charge in [-0.2, -0.15) is 0 Å². The number of likely N-dealkylation sites (N-methyl/N-ethyl adjacent to an activating group) is 1. The Hall–Kier alpha value is -0.0800. The molecule has 0 aromatic rings. The van der Waals surface area contributed by atoms with Crippen LogP contribution in [0.2, 0.25) is 0 Å². The van der Waals surface area contributed by atoms with Gasteiger partial charge in [0.1, 0.15) is 0 Å². The van der Waals surface area contributed by atoms with E-state index in [-0.39, 0.29) is 0 Å². The minimum Gasteiger partial charge on any atom is -0.329 e. The molecule has 0 aliphatic heterocycles. The summed E-state index contributed by atoms with van der Waals surface area (Å²) in [6.45, 7) is 3.25. The van der Waals surface area contributed by atoms with Crippen LogP contribution < -0.4 is 5.73 Å². The fraction of sp³-hybridized carbons (Fsp3) is 1.00. The smallest absolute Gasteiger partial charge is 0.0334 e. The summed E-state index contributed by atoms with van der Waals surface area (Å²) in [5.74, 6) is 0.860. The van der Waals surface area contributed by atoms with Crippen LogP contribution in [0.5, 0.6) is 0 Å². The first kappa shape index (κ1) is 13.4. The lowest BCUT2D eigenvalue weighted by molar-refractivity contribution is 0.0144. The quantitative estimate of drug-likeness (QED) is 0.818. The average Bonchev–Trinajstić information content (AvgIpc) is 2.38. The molecule has 0 bridgehead atoms. The van der Waals surface area contributed by atoms with Crippen molar-refractivity contribution in [3.05, 3.63) is 0 Å². The molecule has 2 nitrogen and oxygen atoms in total. The second-order valence-electron chi connectivity index (χ2n) is 6.53. The standard InChI is InChI=1S/C15H30N2/c1-13-7-6-10-15(11-13,12-16)17(2)14-8-4-3-5-9-14/h13-14H,3-12,16H2,1-2H3. The molecule has 2 atom stereocenters. The number of rotatable bonds is 3. The van der Waals surface area contributed by atoms with Crippen LogP contribution in [0, 0.1) is 5.92 Å². The zero-order chi connectivity index (χ0) is 12.3. The fourth-order valence-electron chi connectivity index (χ4n) is 4.14. The maximum atomic E-state index is 6.17. The zero-order valence-corrected chi connectivity index (χ0v) is 11.8. The predicted octanol–water partition coefficient (Wildman–Crippen LogP) is 3.16. The molecule has 2 saturated carbocycles. The molecule has 0 heterocycles. The summed E-state index contributed by atoms with van der Waals surface area (Å²) >= 11 is 0. The molecule has 2 fully saturated rings. The third-order valence-electron chi connectivity index (χ3n) is 5.32.